The first-order chi connectivity index (χ1) is 8.00. The first-order valence-corrected chi connectivity index (χ1v) is 5.83. The van der Waals surface area contributed by atoms with Gasteiger partial charge >= 0.3 is 0 Å². The zero-order valence-electron chi connectivity index (χ0n) is 10.7. The predicted octanol–water partition coefficient (Wildman–Crippen LogP) is 2.99. The number of carbonyl (C=O) groups excluding carboxylic acids is 1. The Hall–Kier alpha value is -1.77. The summed E-state index contributed by atoms with van der Waals surface area (Å²) in [5, 5.41) is 1.10. The van der Waals surface area contributed by atoms with Crippen LogP contribution in [0.2, 0.25) is 0 Å². The van der Waals surface area contributed by atoms with E-state index in [2.05, 4.69) is 24.9 Å². The summed E-state index contributed by atoms with van der Waals surface area (Å²) in [6, 6.07) is 6.14. The predicted molar refractivity (Wildman–Crippen MR) is 70.4 cm³/mol. The van der Waals surface area contributed by atoms with E-state index >= 15 is 0 Å². The molecule has 0 saturated heterocycles. The monoisotopic (exact) mass is 230 g/mol. The SMILES string of the molecule is CC(C)c1cc(C(=O)N(C)C)c2[nH]ccc2c1. The smallest absolute Gasteiger partial charge is 0.255 e. The molecule has 0 aliphatic heterocycles. The molecule has 1 aromatic carbocycles. The Bertz CT molecular complexity index is 552. The number of hydrogen-bond acceptors (Lipinski definition) is 1. The van der Waals surface area contributed by atoms with Gasteiger partial charge in [-0.05, 0) is 29.7 Å². The van der Waals surface area contributed by atoms with E-state index in [-0.39, 0.29) is 5.91 Å². The molecule has 3 nitrogen and oxygen atoms in total. The lowest BCUT2D eigenvalue weighted by atomic mass is 9.98. The molecular weight excluding hydrogens is 212 g/mol. The van der Waals surface area contributed by atoms with Crippen molar-refractivity contribution < 1.29 is 4.79 Å². The number of carbonyl (C=O) groups is 1. The molecule has 1 heterocycles. The molecule has 17 heavy (non-hydrogen) atoms. The second-order valence-corrected chi connectivity index (χ2v) is 4.86. The Morgan fingerprint density at radius 2 is 2.00 bits per heavy atom. The summed E-state index contributed by atoms with van der Waals surface area (Å²) in [4.78, 5) is 16.9. The highest BCUT2D eigenvalue weighted by atomic mass is 16.2. The summed E-state index contributed by atoms with van der Waals surface area (Å²) < 4.78 is 0. The van der Waals surface area contributed by atoms with Crippen LogP contribution in [0.15, 0.2) is 24.4 Å². The molecule has 0 bridgehead atoms. The quantitative estimate of drug-likeness (QED) is 0.845. The Morgan fingerprint density at radius 3 is 2.59 bits per heavy atom. The van der Waals surface area contributed by atoms with Crippen LogP contribution >= 0.6 is 0 Å². The van der Waals surface area contributed by atoms with Crippen molar-refractivity contribution in [3.05, 3.63) is 35.5 Å². The van der Waals surface area contributed by atoms with Gasteiger partial charge < -0.3 is 9.88 Å². The minimum Gasteiger partial charge on any atom is -0.361 e. The number of nitrogens with one attached hydrogen (secondary N) is 1. The maximum absolute atomic E-state index is 12.1. The van der Waals surface area contributed by atoms with Crippen molar-refractivity contribution in [2.75, 3.05) is 14.1 Å². The van der Waals surface area contributed by atoms with E-state index in [1.807, 2.05) is 18.3 Å². The van der Waals surface area contributed by atoms with E-state index in [0.717, 1.165) is 16.5 Å². The lowest BCUT2D eigenvalue weighted by Crippen LogP contribution is -2.22. The normalized spacial score (nSPS) is 11.1. The first-order valence-electron chi connectivity index (χ1n) is 5.83. The summed E-state index contributed by atoms with van der Waals surface area (Å²) in [6.07, 6.45) is 1.88. The third-order valence-corrected chi connectivity index (χ3v) is 2.99. The number of aromatic nitrogens is 1. The lowest BCUT2D eigenvalue weighted by molar-refractivity contribution is 0.0829. The topological polar surface area (TPSA) is 36.1 Å². The van der Waals surface area contributed by atoms with Crippen LogP contribution in [0, 0.1) is 0 Å². The average molecular weight is 230 g/mol. The number of benzene rings is 1. The molecule has 1 N–H and O–H groups in total. The second kappa shape index (κ2) is 4.24. The molecule has 0 aliphatic carbocycles. The van der Waals surface area contributed by atoms with Gasteiger partial charge in [0.25, 0.3) is 5.91 Å². The maximum atomic E-state index is 12.1. The van der Waals surface area contributed by atoms with Crippen LogP contribution in [-0.4, -0.2) is 29.9 Å². The number of amides is 1. The highest BCUT2D eigenvalue weighted by molar-refractivity contribution is 6.05. The second-order valence-electron chi connectivity index (χ2n) is 4.86. The largest absolute Gasteiger partial charge is 0.361 e. The number of rotatable bonds is 2. The zero-order valence-corrected chi connectivity index (χ0v) is 10.7. The van der Waals surface area contributed by atoms with E-state index in [4.69, 9.17) is 0 Å². The van der Waals surface area contributed by atoms with Gasteiger partial charge in [-0.1, -0.05) is 13.8 Å². The molecular formula is C14H18N2O. The van der Waals surface area contributed by atoms with Gasteiger partial charge in [-0.15, -0.1) is 0 Å². The molecule has 0 saturated carbocycles. The molecule has 0 radical (unpaired) electrons. The van der Waals surface area contributed by atoms with Crippen LogP contribution in [0.5, 0.6) is 0 Å². The van der Waals surface area contributed by atoms with Crippen LogP contribution in [0.25, 0.3) is 10.9 Å². The van der Waals surface area contributed by atoms with Crippen molar-refractivity contribution in [3.8, 4) is 0 Å². The third kappa shape index (κ3) is 2.05. The summed E-state index contributed by atoms with van der Waals surface area (Å²) in [7, 11) is 3.55. The van der Waals surface area contributed by atoms with E-state index in [9.17, 15) is 4.79 Å². The Morgan fingerprint density at radius 1 is 1.29 bits per heavy atom. The van der Waals surface area contributed by atoms with E-state index < -0.39 is 0 Å². The minimum absolute atomic E-state index is 0.0416. The summed E-state index contributed by atoms with van der Waals surface area (Å²) in [5.74, 6) is 0.461. The van der Waals surface area contributed by atoms with Gasteiger partial charge in [0.05, 0.1) is 11.1 Å². The number of H-pyrrole nitrogens is 1. The van der Waals surface area contributed by atoms with Gasteiger partial charge in [0, 0.05) is 25.7 Å². The zero-order chi connectivity index (χ0) is 12.6. The van der Waals surface area contributed by atoms with Gasteiger partial charge in [-0.25, -0.2) is 0 Å². The fraction of sp³-hybridized carbons (Fsp3) is 0.357. The molecule has 1 amide bonds. The fourth-order valence-electron chi connectivity index (χ4n) is 1.94. The van der Waals surface area contributed by atoms with Crippen molar-refractivity contribution in [2.45, 2.75) is 19.8 Å². The fourth-order valence-corrected chi connectivity index (χ4v) is 1.94. The van der Waals surface area contributed by atoms with Crippen LogP contribution in [0.4, 0.5) is 0 Å². The van der Waals surface area contributed by atoms with Gasteiger partial charge in [0.2, 0.25) is 0 Å². The molecule has 1 aromatic heterocycles. The van der Waals surface area contributed by atoms with E-state index in [1.165, 1.54) is 5.56 Å². The number of hydrogen-bond donors (Lipinski definition) is 1. The summed E-state index contributed by atoms with van der Waals surface area (Å²) >= 11 is 0. The molecule has 0 spiro atoms. The maximum Gasteiger partial charge on any atom is 0.255 e. The van der Waals surface area contributed by atoms with Crippen molar-refractivity contribution in [1.29, 1.82) is 0 Å². The van der Waals surface area contributed by atoms with Crippen molar-refractivity contribution in [1.82, 2.24) is 9.88 Å². The van der Waals surface area contributed by atoms with Crippen LogP contribution in [-0.2, 0) is 0 Å². The highest BCUT2D eigenvalue weighted by Gasteiger charge is 2.15. The van der Waals surface area contributed by atoms with Crippen molar-refractivity contribution in [2.24, 2.45) is 0 Å². The summed E-state index contributed by atoms with van der Waals surface area (Å²) in [5.41, 5.74) is 2.87. The molecule has 0 atom stereocenters. The number of aromatic amines is 1. The van der Waals surface area contributed by atoms with Gasteiger partial charge in [-0.2, -0.15) is 0 Å². The average Bonchev–Trinajstić information content (AvgIpc) is 2.74. The summed E-state index contributed by atoms with van der Waals surface area (Å²) in [6.45, 7) is 4.27. The number of fused-ring (bicyclic) bond motifs is 1. The number of nitrogens with zero attached hydrogens (tertiary/aromatic N) is 1. The van der Waals surface area contributed by atoms with Crippen LogP contribution < -0.4 is 0 Å². The lowest BCUT2D eigenvalue weighted by Gasteiger charge is -2.14. The van der Waals surface area contributed by atoms with Crippen LogP contribution in [0.1, 0.15) is 35.7 Å². The highest BCUT2D eigenvalue weighted by Crippen LogP contribution is 2.25. The van der Waals surface area contributed by atoms with Crippen LogP contribution in [0.3, 0.4) is 0 Å². The van der Waals surface area contributed by atoms with E-state index in [1.54, 1.807) is 19.0 Å². The molecule has 0 aliphatic rings. The minimum atomic E-state index is 0.0416. The van der Waals surface area contributed by atoms with Crippen molar-refractivity contribution in [3.63, 3.8) is 0 Å². The Balaban J connectivity index is 2.66. The van der Waals surface area contributed by atoms with Gasteiger partial charge in [0.15, 0.2) is 0 Å². The van der Waals surface area contributed by atoms with E-state index in [0.29, 0.717) is 5.92 Å². The molecule has 0 fully saturated rings. The molecule has 2 rings (SSSR count). The molecule has 90 valence electrons. The molecule has 3 heteroatoms. The molecule has 0 unspecified atom stereocenters. The third-order valence-electron chi connectivity index (χ3n) is 2.99. The van der Waals surface area contributed by atoms with Gasteiger partial charge in [0.1, 0.15) is 0 Å². The Kier molecular flexibility index (Phi) is 2.92. The molecule has 2 aromatic rings. The Labute approximate surface area is 101 Å². The standard InChI is InChI=1S/C14H18N2O/c1-9(2)11-7-10-5-6-15-13(10)12(8-11)14(17)16(3)4/h5-9,15H,1-4H3. The van der Waals surface area contributed by atoms with Gasteiger partial charge in [-0.3, -0.25) is 4.79 Å². The first kappa shape index (κ1) is 11.7. The van der Waals surface area contributed by atoms with Crippen molar-refractivity contribution >= 4 is 16.8 Å².